The first-order valence-electron chi connectivity index (χ1n) is 5.96. The molecule has 2 aromatic carbocycles. The lowest BCUT2D eigenvalue weighted by Crippen LogP contribution is -2.12. The molecule has 112 valence electrons. The Labute approximate surface area is 125 Å². The molecule has 1 amide bonds. The third-order valence-electron chi connectivity index (χ3n) is 2.82. The second-order valence-corrected chi connectivity index (χ2v) is 5.37. The molecule has 0 unspecified atom stereocenters. The molecule has 0 aliphatic carbocycles. The number of nitrogens with one attached hydrogen (secondary N) is 1. The van der Waals surface area contributed by atoms with Crippen LogP contribution in [0.25, 0.3) is 10.2 Å². The fourth-order valence-corrected chi connectivity index (χ4v) is 2.72. The Kier molecular flexibility index (Phi) is 3.53. The zero-order valence-corrected chi connectivity index (χ0v) is 11.5. The van der Waals surface area contributed by atoms with E-state index in [0.29, 0.717) is 6.07 Å². The highest BCUT2D eigenvalue weighted by Gasteiger charge is 2.14. The maximum atomic E-state index is 13.5. The Morgan fingerprint density at radius 2 is 1.77 bits per heavy atom. The minimum atomic E-state index is -1.16. The molecule has 0 aliphatic heterocycles. The second-order valence-electron chi connectivity index (χ2n) is 4.34. The Balaban J connectivity index is 1.90. The first-order chi connectivity index (χ1) is 10.4. The van der Waals surface area contributed by atoms with Crippen LogP contribution < -0.4 is 5.32 Å². The number of benzene rings is 2. The van der Waals surface area contributed by atoms with Gasteiger partial charge in [0.2, 0.25) is 0 Å². The summed E-state index contributed by atoms with van der Waals surface area (Å²) in [5.41, 5.74) is -0.197. The zero-order chi connectivity index (χ0) is 15.9. The summed E-state index contributed by atoms with van der Waals surface area (Å²) in [7, 11) is 0. The Hall–Kier alpha value is -2.48. The van der Waals surface area contributed by atoms with Gasteiger partial charge in [-0.3, -0.25) is 10.1 Å². The highest BCUT2D eigenvalue weighted by atomic mass is 32.1. The van der Waals surface area contributed by atoms with Crippen molar-refractivity contribution in [2.24, 2.45) is 0 Å². The molecule has 0 saturated carbocycles. The van der Waals surface area contributed by atoms with Crippen molar-refractivity contribution in [1.29, 1.82) is 0 Å². The van der Waals surface area contributed by atoms with Gasteiger partial charge in [-0.15, -0.1) is 0 Å². The fraction of sp³-hybridized carbons (Fsp3) is 0. The van der Waals surface area contributed by atoms with Crippen molar-refractivity contribution in [3.8, 4) is 0 Å². The van der Waals surface area contributed by atoms with E-state index in [1.165, 1.54) is 0 Å². The van der Waals surface area contributed by atoms with Crippen LogP contribution in [0.4, 0.5) is 22.7 Å². The average Bonchev–Trinajstić information content (AvgIpc) is 2.84. The van der Waals surface area contributed by atoms with E-state index in [2.05, 4.69) is 10.3 Å². The average molecular weight is 326 g/mol. The highest BCUT2D eigenvalue weighted by Crippen LogP contribution is 2.29. The number of carbonyl (C=O) groups is 1. The molecule has 3 nitrogen and oxygen atoms in total. The second kappa shape index (κ2) is 5.38. The number of fused-ring (bicyclic) bond motifs is 1. The van der Waals surface area contributed by atoms with Gasteiger partial charge in [0.1, 0.15) is 11.3 Å². The van der Waals surface area contributed by atoms with Crippen molar-refractivity contribution in [3.05, 3.63) is 59.2 Å². The molecule has 1 heterocycles. The van der Waals surface area contributed by atoms with Crippen LogP contribution >= 0.6 is 11.3 Å². The van der Waals surface area contributed by atoms with E-state index >= 15 is 0 Å². The summed E-state index contributed by atoms with van der Waals surface area (Å²) < 4.78 is 52.7. The van der Waals surface area contributed by atoms with Crippen LogP contribution in [0.15, 0.2) is 30.3 Å². The summed E-state index contributed by atoms with van der Waals surface area (Å²) in [6.07, 6.45) is 0. The maximum absolute atomic E-state index is 13.5. The molecular weight excluding hydrogens is 320 g/mol. The minimum Gasteiger partial charge on any atom is -0.298 e. The molecule has 0 spiro atoms. The van der Waals surface area contributed by atoms with Crippen LogP contribution in [0, 0.1) is 23.3 Å². The monoisotopic (exact) mass is 326 g/mol. The lowest BCUT2D eigenvalue weighted by molar-refractivity contribution is 0.102. The number of anilines is 1. The van der Waals surface area contributed by atoms with E-state index < -0.39 is 29.2 Å². The molecule has 0 bridgehead atoms. The molecule has 0 aliphatic rings. The summed E-state index contributed by atoms with van der Waals surface area (Å²) in [4.78, 5) is 15.7. The van der Waals surface area contributed by atoms with E-state index in [1.807, 2.05) is 0 Å². The van der Waals surface area contributed by atoms with Gasteiger partial charge >= 0.3 is 0 Å². The van der Waals surface area contributed by atoms with Gasteiger partial charge in [-0.1, -0.05) is 11.3 Å². The number of thiazole rings is 1. The topological polar surface area (TPSA) is 42.0 Å². The normalized spacial score (nSPS) is 10.9. The van der Waals surface area contributed by atoms with E-state index in [9.17, 15) is 22.4 Å². The number of hydrogen-bond donors (Lipinski definition) is 1. The van der Waals surface area contributed by atoms with Gasteiger partial charge in [-0.2, -0.15) is 0 Å². The fourth-order valence-electron chi connectivity index (χ4n) is 1.82. The third-order valence-corrected chi connectivity index (χ3v) is 3.73. The summed E-state index contributed by atoms with van der Waals surface area (Å²) in [5.74, 6) is -4.58. The van der Waals surface area contributed by atoms with E-state index in [4.69, 9.17) is 0 Å². The molecule has 0 saturated heterocycles. The predicted molar refractivity (Wildman–Crippen MR) is 73.8 cm³/mol. The highest BCUT2D eigenvalue weighted by molar-refractivity contribution is 7.22. The van der Waals surface area contributed by atoms with Crippen LogP contribution in [0.3, 0.4) is 0 Å². The van der Waals surface area contributed by atoms with Gasteiger partial charge in [0, 0.05) is 11.6 Å². The van der Waals surface area contributed by atoms with Gasteiger partial charge in [-0.25, -0.2) is 22.5 Å². The van der Waals surface area contributed by atoms with E-state index in [-0.39, 0.29) is 20.9 Å². The molecule has 1 aromatic heterocycles. The smallest absolute Gasteiger partial charge is 0.257 e. The maximum Gasteiger partial charge on any atom is 0.257 e. The molecule has 0 atom stereocenters. The molecule has 3 rings (SSSR count). The molecule has 1 N–H and O–H groups in total. The SMILES string of the molecule is O=C(Nc1nc2c(F)cc(F)cc2s1)c1ccc(F)c(F)c1. The summed E-state index contributed by atoms with van der Waals surface area (Å²) in [6.45, 7) is 0. The Morgan fingerprint density at radius 1 is 1.00 bits per heavy atom. The summed E-state index contributed by atoms with van der Waals surface area (Å²) in [6, 6.07) is 4.42. The number of halogens is 4. The quantitative estimate of drug-likeness (QED) is 0.720. The number of nitrogens with zero attached hydrogens (tertiary/aromatic N) is 1. The molecule has 0 radical (unpaired) electrons. The number of amides is 1. The van der Waals surface area contributed by atoms with Crippen LogP contribution in [0.1, 0.15) is 10.4 Å². The lowest BCUT2D eigenvalue weighted by Gasteiger charge is -2.01. The van der Waals surface area contributed by atoms with Crippen LogP contribution in [0.2, 0.25) is 0 Å². The molecule has 22 heavy (non-hydrogen) atoms. The minimum absolute atomic E-state index is 0.0224. The first kappa shape index (κ1) is 14.5. The van der Waals surface area contributed by atoms with Crippen LogP contribution in [0.5, 0.6) is 0 Å². The molecule has 8 heteroatoms. The van der Waals surface area contributed by atoms with Crippen LogP contribution in [-0.4, -0.2) is 10.9 Å². The van der Waals surface area contributed by atoms with E-state index in [0.717, 1.165) is 35.6 Å². The summed E-state index contributed by atoms with van der Waals surface area (Å²) in [5, 5.41) is 2.35. The van der Waals surface area contributed by atoms with Gasteiger partial charge in [0.15, 0.2) is 22.6 Å². The van der Waals surface area contributed by atoms with Crippen molar-refractivity contribution < 1.29 is 22.4 Å². The van der Waals surface area contributed by atoms with Crippen molar-refractivity contribution in [2.45, 2.75) is 0 Å². The largest absolute Gasteiger partial charge is 0.298 e. The standard InChI is InChI=1S/C14H6F4N2OS/c15-7-4-10(18)12-11(5-7)22-14(19-12)20-13(21)6-1-2-8(16)9(17)3-6/h1-5H,(H,19,20,21). The summed E-state index contributed by atoms with van der Waals surface area (Å²) >= 11 is 0.865. The Bertz CT molecular complexity index is 894. The van der Waals surface area contributed by atoms with Crippen LogP contribution in [-0.2, 0) is 0 Å². The van der Waals surface area contributed by atoms with Gasteiger partial charge in [0.25, 0.3) is 5.91 Å². The molecular formula is C14H6F4N2OS. The Morgan fingerprint density at radius 3 is 2.50 bits per heavy atom. The van der Waals surface area contributed by atoms with Crippen molar-refractivity contribution in [2.75, 3.05) is 5.32 Å². The number of carbonyl (C=O) groups excluding carboxylic acids is 1. The third kappa shape index (κ3) is 2.64. The zero-order valence-electron chi connectivity index (χ0n) is 10.7. The molecule has 0 fully saturated rings. The first-order valence-corrected chi connectivity index (χ1v) is 6.77. The van der Waals surface area contributed by atoms with Crippen molar-refractivity contribution >= 4 is 32.6 Å². The number of aromatic nitrogens is 1. The van der Waals surface area contributed by atoms with Crippen molar-refractivity contribution in [1.82, 2.24) is 4.98 Å². The van der Waals surface area contributed by atoms with Gasteiger partial charge in [0.05, 0.1) is 4.70 Å². The lowest BCUT2D eigenvalue weighted by atomic mass is 10.2. The number of rotatable bonds is 2. The predicted octanol–water partition coefficient (Wildman–Crippen LogP) is 4.11. The van der Waals surface area contributed by atoms with Gasteiger partial charge in [-0.05, 0) is 24.3 Å². The van der Waals surface area contributed by atoms with Gasteiger partial charge < -0.3 is 0 Å². The number of hydrogen-bond acceptors (Lipinski definition) is 3. The van der Waals surface area contributed by atoms with E-state index in [1.54, 1.807) is 0 Å². The van der Waals surface area contributed by atoms with Crippen molar-refractivity contribution in [3.63, 3.8) is 0 Å². The molecule has 3 aromatic rings.